The first-order valence-electron chi connectivity index (χ1n) is 5.19. The van der Waals surface area contributed by atoms with Gasteiger partial charge in [-0.25, -0.2) is 0 Å². The molecule has 0 aliphatic heterocycles. The molecule has 0 saturated heterocycles. The van der Waals surface area contributed by atoms with E-state index in [1.807, 2.05) is 19.1 Å². The van der Waals surface area contributed by atoms with Crippen LogP contribution >= 0.6 is 11.5 Å². The lowest BCUT2D eigenvalue weighted by atomic mass is 10.2. The third-order valence-electron chi connectivity index (χ3n) is 2.26. The Labute approximate surface area is 109 Å². The van der Waals surface area contributed by atoms with Gasteiger partial charge >= 0.3 is 0 Å². The lowest BCUT2D eigenvalue weighted by Crippen LogP contribution is -2.40. The van der Waals surface area contributed by atoms with E-state index in [-0.39, 0.29) is 12.3 Å². The first kappa shape index (κ1) is 13.1. The SMILES string of the molecule is Cc1cc(-c2cc[n+](CCS(=O)(=O)O)nc2)sn1. The Kier molecular flexibility index (Phi) is 3.69. The standard InChI is InChI=1S/C10H11N3O3S2/c1-8-6-10(17-12-8)9-2-3-13(11-7-9)4-5-18(14,15)16/h2-3,6-7H,4-5H2,1H3/p+1. The van der Waals surface area contributed by atoms with Crippen LogP contribution in [0.3, 0.4) is 0 Å². The van der Waals surface area contributed by atoms with E-state index < -0.39 is 10.1 Å². The van der Waals surface area contributed by atoms with Gasteiger partial charge in [0.05, 0.1) is 10.6 Å². The predicted octanol–water partition coefficient (Wildman–Crippen LogP) is 0.689. The molecule has 0 aromatic carbocycles. The third kappa shape index (κ3) is 3.56. The highest BCUT2D eigenvalue weighted by Gasteiger charge is 2.11. The Bertz CT molecular complexity index is 635. The zero-order valence-corrected chi connectivity index (χ0v) is 11.3. The van der Waals surface area contributed by atoms with Crippen molar-refractivity contribution in [3.63, 3.8) is 0 Å². The Hall–Kier alpha value is -1.38. The van der Waals surface area contributed by atoms with Gasteiger partial charge < -0.3 is 0 Å². The van der Waals surface area contributed by atoms with Crippen molar-refractivity contribution in [3.8, 4) is 10.4 Å². The molecule has 0 saturated carbocycles. The van der Waals surface area contributed by atoms with Crippen molar-refractivity contribution < 1.29 is 17.7 Å². The Morgan fingerprint density at radius 2 is 2.28 bits per heavy atom. The minimum Gasteiger partial charge on any atom is -0.285 e. The van der Waals surface area contributed by atoms with Crippen molar-refractivity contribution in [1.29, 1.82) is 0 Å². The minimum atomic E-state index is -3.95. The van der Waals surface area contributed by atoms with Gasteiger partial charge in [-0.15, -0.1) is 0 Å². The van der Waals surface area contributed by atoms with Gasteiger partial charge in [0.25, 0.3) is 10.1 Å². The number of hydrogen-bond donors (Lipinski definition) is 1. The number of aryl methyl sites for hydroxylation is 2. The van der Waals surface area contributed by atoms with Gasteiger partial charge in [-0.3, -0.25) is 4.55 Å². The molecule has 2 aromatic heterocycles. The second kappa shape index (κ2) is 5.09. The van der Waals surface area contributed by atoms with Gasteiger partial charge in [-0.1, -0.05) is 4.68 Å². The summed E-state index contributed by atoms with van der Waals surface area (Å²) >= 11 is 1.39. The van der Waals surface area contributed by atoms with Crippen molar-refractivity contribution in [1.82, 2.24) is 9.47 Å². The average molecular weight is 286 g/mol. The lowest BCUT2D eigenvalue weighted by molar-refractivity contribution is -0.750. The van der Waals surface area contributed by atoms with Crippen LogP contribution in [0.5, 0.6) is 0 Å². The number of rotatable bonds is 4. The van der Waals surface area contributed by atoms with Crippen molar-refractivity contribution in [2.24, 2.45) is 0 Å². The molecule has 0 atom stereocenters. The van der Waals surface area contributed by atoms with E-state index in [0.717, 1.165) is 16.1 Å². The van der Waals surface area contributed by atoms with Gasteiger partial charge in [0, 0.05) is 11.6 Å². The zero-order chi connectivity index (χ0) is 13.2. The maximum atomic E-state index is 10.6. The molecule has 6 nitrogen and oxygen atoms in total. The molecule has 2 aromatic rings. The van der Waals surface area contributed by atoms with Gasteiger partial charge in [0.1, 0.15) is 11.9 Å². The monoisotopic (exact) mass is 286 g/mol. The molecule has 0 radical (unpaired) electrons. The van der Waals surface area contributed by atoms with Crippen molar-refractivity contribution in [2.45, 2.75) is 13.5 Å². The van der Waals surface area contributed by atoms with E-state index >= 15 is 0 Å². The third-order valence-corrected chi connectivity index (χ3v) is 3.89. The average Bonchev–Trinajstić information content (AvgIpc) is 2.73. The molecule has 0 fully saturated rings. The summed E-state index contributed by atoms with van der Waals surface area (Å²) in [5.74, 6) is -0.344. The van der Waals surface area contributed by atoms with Crippen LogP contribution in [0.15, 0.2) is 24.5 Å². The fraction of sp³-hybridized carbons (Fsp3) is 0.300. The number of hydrogen-bond acceptors (Lipinski definition) is 5. The summed E-state index contributed by atoms with van der Waals surface area (Å²) in [5, 5.41) is 4.09. The molecule has 0 amide bonds. The fourth-order valence-electron chi connectivity index (χ4n) is 1.37. The van der Waals surface area contributed by atoms with Gasteiger partial charge in [0.15, 0.2) is 12.7 Å². The molecule has 1 N–H and O–H groups in total. The second-order valence-electron chi connectivity index (χ2n) is 3.80. The smallest absolute Gasteiger partial charge is 0.271 e. The Balaban J connectivity index is 2.10. The molecule has 0 aliphatic rings. The van der Waals surface area contributed by atoms with Crippen molar-refractivity contribution in [3.05, 3.63) is 30.2 Å². The Morgan fingerprint density at radius 1 is 1.50 bits per heavy atom. The van der Waals surface area contributed by atoms with Crippen LogP contribution in [0.4, 0.5) is 0 Å². The van der Waals surface area contributed by atoms with E-state index in [4.69, 9.17) is 4.55 Å². The molecular formula is C10H12N3O3S2+. The van der Waals surface area contributed by atoms with E-state index in [0.29, 0.717) is 0 Å². The highest BCUT2D eigenvalue weighted by molar-refractivity contribution is 7.85. The molecule has 2 heterocycles. The minimum absolute atomic E-state index is 0.126. The summed E-state index contributed by atoms with van der Waals surface area (Å²) in [6.07, 6.45) is 3.33. The van der Waals surface area contributed by atoms with Gasteiger partial charge in [0.2, 0.25) is 0 Å². The van der Waals surface area contributed by atoms with Crippen LogP contribution in [-0.4, -0.2) is 28.2 Å². The van der Waals surface area contributed by atoms with E-state index in [1.165, 1.54) is 16.2 Å². The maximum Gasteiger partial charge on any atom is 0.271 e. The van der Waals surface area contributed by atoms with Crippen LogP contribution in [0, 0.1) is 6.92 Å². The maximum absolute atomic E-state index is 10.6. The molecule has 96 valence electrons. The summed E-state index contributed by atoms with van der Waals surface area (Å²) in [6.45, 7) is 2.05. The van der Waals surface area contributed by atoms with E-state index in [1.54, 1.807) is 12.4 Å². The normalized spacial score (nSPS) is 11.7. The van der Waals surface area contributed by atoms with Crippen LogP contribution in [0.1, 0.15) is 5.69 Å². The molecule has 18 heavy (non-hydrogen) atoms. The second-order valence-corrected chi connectivity index (χ2v) is 6.17. The molecule has 0 aliphatic carbocycles. The summed E-state index contributed by atoms with van der Waals surface area (Å²) in [6, 6.07) is 3.80. The van der Waals surface area contributed by atoms with Crippen LogP contribution in [0.2, 0.25) is 0 Å². The van der Waals surface area contributed by atoms with Crippen LogP contribution < -0.4 is 4.68 Å². The summed E-state index contributed by atoms with van der Waals surface area (Å²) in [7, 11) is -3.95. The molecule has 2 rings (SSSR count). The zero-order valence-electron chi connectivity index (χ0n) is 9.65. The summed E-state index contributed by atoms with van der Waals surface area (Å²) in [4.78, 5) is 1.02. The Morgan fingerprint density at radius 3 is 2.78 bits per heavy atom. The van der Waals surface area contributed by atoms with E-state index in [2.05, 4.69) is 9.47 Å². The van der Waals surface area contributed by atoms with Crippen molar-refractivity contribution in [2.75, 3.05) is 5.75 Å². The largest absolute Gasteiger partial charge is 0.285 e. The van der Waals surface area contributed by atoms with Crippen LogP contribution in [-0.2, 0) is 16.7 Å². The molecule has 0 spiro atoms. The summed E-state index contributed by atoms with van der Waals surface area (Å²) in [5.41, 5.74) is 1.89. The van der Waals surface area contributed by atoms with Crippen LogP contribution in [0.25, 0.3) is 10.4 Å². The molecule has 0 bridgehead atoms. The number of nitrogens with zero attached hydrogens (tertiary/aromatic N) is 3. The highest BCUT2D eigenvalue weighted by atomic mass is 32.2. The lowest BCUT2D eigenvalue weighted by Gasteiger charge is -1.95. The topological polar surface area (TPSA) is 84.0 Å². The number of aromatic nitrogens is 3. The van der Waals surface area contributed by atoms with Gasteiger partial charge in [-0.05, 0) is 29.6 Å². The summed E-state index contributed by atoms with van der Waals surface area (Å²) < 4.78 is 35.5. The molecule has 0 unspecified atom stereocenters. The van der Waals surface area contributed by atoms with E-state index in [9.17, 15) is 8.42 Å². The first-order valence-corrected chi connectivity index (χ1v) is 7.57. The quantitative estimate of drug-likeness (QED) is 0.660. The predicted molar refractivity (Wildman–Crippen MR) is 66.7 cm³/mol. The molecular weight excluding hydrogens is 274 g/mol. The van der Waals surface area contributed by atoms with Crippen molar-refractivity contribution >= 4 is 21.7 Å². The van der Waals surface area contributed by atoms with Gasteiger partial charge in [-0.2, -0.15) is 12.8 Å². The molecule has 8 heteroatoms. The first-order chi connectivity index (χ1) is 8.44. The fourth-order valence-corrected chi connectivity index (χ4v) is 2.53. The highest BCUT2D eigenvalue weighted by Crippen LogP contribution is 2.22.